The van der Waals surface area contributed by atoms with Crippen LogP contribution in [0.1, 0.15) is 16.7 Å². The Labute approximate surface area is 159 Å². The summed E-state index contributed by atoms with van der Waals surface area (Å²) < 4.78 is 15.2. The molecule has 0 fully saturated rings. The van der Waals surface area contributed by atoms with Crippen LogP contribution < -0.4 is 10.6 Å². The van der Waals surface area contributed by atoms with Gasteiger partial charge in [0.1, 0.15) is 5.82 Å². The highest BCUT2D eigenvalue weighted by atomic mass is 19.1. The number of benzene rings is 2. The van der Waals surface area contributed by atoms with Crippen molar-refractivity contribution in [2.75, 3.05) is 13.6 Å². The third kappa shape index (κ3) is 4.94. The maximum absolute atomic E-state index is 13.2. The van der Waals surface area contributed by atoms with Gasteiger partial charge in [0.25, 0.3) is 0 Å². The zero-order valence-corrected chi connectivity index (χ0v) is 15.6. The summed E-state index contributed by atoms with van der Waals surface area (Å²) in [5.41, 5.74) is 4.33. The van der Waals surface area contributed by atoms with E-state index < -0.39 is 0 Å². The third-order valence-corrected chi connectivity index (χ3v) is 4.44. The van der Waals surface area contributed by atoms with Crippen molar-refractivity contribution < 1.29 is 4.39 Å². The van der Waals surface area contributed by atoms with E-state index in [2.05, 4.69) is 32.7 Å². The van der Waals surface area contributed by atoms with E-state index in [1.54, 1.807) is 25.6 Å². The average molecular weight is 365 g/mol. The first-order valence-corrected chi connectivity index (χ1v) is 8.93. The highest BCUT2D eigenvalue weighted by molar-refractivity contribution is 5.79. The lowest BCUT2D eigenvalue weighted by molar-refractivity contribution is 0.625. The highest BCUT2D eigenvalue weighted by Crippen LogP contribution is 2.14. The normalized spacial score (nSPS) is 11.4. The fraction of sp³-hybridized carbons (Fsp3) is 0.238. The first kappa shape index (κ1) is 18.6. The topological polar surface area (TPSA) is 54.2 Å². The number of rotatable bonds is 6. The molecule has 0 spiro atoms. The number of hydrogen-bond acceptors (Lipinski definition) is 2. The van der Waals surface area contributed by atoms with Crippen molar-refractivity contribution in [3.8, 4) is 5.69 Å². The molecule has 2 aromatic carbocycles. The maximum atomic E-state index is 13.2. The van der Waals surface area contributed by atoms with Crippen LogP contribution in [-0.2, 0) is 13.0 Å². The van der Waals surface area contributed by atoms with Crippen molar-refractivity contribution in [2.45, 2.75) is 19.9 Å². The van der Waals surface area contributed by atoms with E-state index in [1.807, 2.05) is 35.9 Å². The number of aryl methyl sites for hydroxylation is 1. The lowest BCUT2D eigenvalue weighted by atomic mass is 10.1. The van der Waals surface area contributed by atoms with Crippen molar-refractivity contribution >= 4 is 5.96 Å². The number of imidazole rings is 1. The second-order valence-corrected chi connectivity index (χ2v) is 6.27. The maximum Gasteiger partial charge on any atom is 0.191 e. The Morgan fingerprint density at radius 3 is 2.74 bits per heavy atom. The molecule has 140 valence electrons. The summed E-state index contributed by atoms with van der Waals surface area (Å²) in [6, 6.07) is 13.1. The summed E-state index contributed by atoms with van der Waals surface area (Å²) in [5, 5.41) is 6.65. The van der Waals surface area contributed by atoms with Crippen LogP contribution in [0.2, 0.25) is 0 Å². The van der Waals surface area contributed by atoms with E-state index in [9.17, 15) is 4.39 Å². The molecule has 1 heterocycles. The van der Waals surface area contributed by atoms with Crippen molar-refractivity contribution in [2.24, 2.45) is 4.99 Å². The fourth-order valence-electron chi connectivity index (χ4n) is 2.97. The van der Waals surface area contributed by atoms with Crippen molar-refractivity contribution in [1.29, 1.82) is 0 Å². The van der Waals surface area contributed by atoms with Crippen molar-refractivity contribution in [3.63, 3.8) is 0 Å². The molecule has 5 nitrogen and oxygen atoms in total. The van der Waals surface area contributed by atoms with Crippen LogP contribution in [0.25, 0.3) is 5.69 Å². The molecule has 3 rings (SSSR count). The van der Waals surface area contributed by atoms with Crippen LogP contribution in [0, 0.1) is 12.7 Å². The molecule has 0 atom stereocenters. The highest BCUT2D eigenvalue weighted by Gasteiger charge is 2.05. The third-order valence-electron chi connectivity index (χ3n) is 4.44. The summed E-state index contributed by atoms with van der Waals surface area (Å²) >= 11 is 0. The van der Waals surface area contributed by atoms with Gasteiger partial charge in [-0.1, -0.05) is 24.3 Å². The van der Waals surface area contributed by atoms with Gasteiger partial charge in [0.15, 0.2) is 5.96 Å². The van der Waals surface area contributed by atoms with Gasteiger partial charge in [0, 0.05) is 32.5 Å². The molecule has 0 saturated heterocycles. The SMILES string of the molecule is CN=C(NCCc1ccc(F)cc1C)NCc1ccccc1-n1ccnc1. The average Bonchev–Trinajstić information content (AvgIpc) is 3.21. The van der Waals surface area contributed by atoms with Crippen molar-refractivity contribution in [1.82, 2.24) is 20.2 Å². The van der Waals surface area contributed by atoms with Crippen LogP contribution in [0.15, 0.2) is 66.2 Å². The van der Waals surface area contributed by atoms with Gasteiger partial charge in [-0.15, -0.1) is 0 Å². The fourth-order valence-corrected chi connectivity index (χ4v) is 2.97. The quantitative estimate of drug-likeness (QED) is 0.521. The zero-order chi connectivity index (χ0) is 19.1. The van der Waals surface area contributed by atoms with Gasteiger partial charge < -0.3 is 15.2 Å². The largest absolute Gasteiger partial charge is 0.356 e. The lowest BCUT2D eigenvalue weighted by Crippen LogP contribution is -2.38. The number of aliphatic imine (C=N–C) groups is 1. The zero-order valence-electron chi connectivity index (χ0n) is 15.6. The molecule has 0 aliphatic heterocycles. The molecule has 0 unspecified atom stereocenters. The molecule has 3 aromatic rings. The Kier molecular flexibility index (Phi) is 6.20. The Balaban J connectivity index is 1.56. The standard InChI is InChI=1S/C21H24FN5/c1-16-13-19(22)8-7-17(16)9-10-25-21(23-2)26-14-18-5-3-4-6-20(18)27-12-11-24-15-27/h3-8,11-13,15H,9-10,14H2,1-2H3,(H2,23,25,26). The first-order chi connectivity index (χ1) is 13.2. The number of guanidine groups is 1. The van der Waals surface area contributed by atoms with E-state index >= 15 is 0 Å². The minimum Gasteiger partial charge on any atom is -0.356 e. The van der Waals surface area contributed by atoms with Gasteiger partial charge in [-0.2, -0.15) is 0 Å². The van der Waals surface area contributed by atoms with Gasteiger partial charge in [0.2, 0.25) is 0 Å². The summed E-state index contributed by atoms with van der Waals surface area (Å²) in [6.45, 7) is 3.29. The second kappa shape index (κ2) is 8.98. The molecular weight excluding hydrogens is 341 g/mol. The molecule has 0 radical (unpaired) electrons. The molecule has 27 heavy (non-hydrogen) atoms. The van der Waals surface area contributed by atoms with E-state index in [0.717, 1.165) is 41.3 Å². The number of hydrogen-bond donors (Lipinski definition) is 2. The smallest absolute Gasteiger partial charge is 0.191 e. The molecule has 2 N–H and O–H groups in total. The molecular formula is C21H24FN5. The Bertz CT molecular complexity index is 903. The first-order valence-electron chi connectivity index (χ1n) is 8.93. The van der Waals surface area contributed by atoms with Gasteiger partial charge in [-0.3, -0.25) is 4.99 Å². The van der Waals surface area contributed by atoms with Crippen LogP contribution in [-0.4, -0.2) is 29.1 Å². The van der Waals surface area contributed by atoms with E-state index in [4.69, 9.17) is 0 Å². The molecule has 0 aliphatic rings. The van der Waals surface area contributed by atoms with Crippen LogP contribution in [0.5, 0.6) is 0 Å². The van der Waals surface area contributed by atoms with Gasteiger partial charge in [-0.25, -0.2) is 9.37 Å². The van der Waals surface area contributed by atoms with Gasteiger partial charge in [0.05, 0.1) is 12.0 Å². The Hall–Kier alpha value is -3.15. The molecule has 0 saturated carbocycles. The predicted molar refractivity (Wildman–Crippen MR) is 107 cm³/mol. The number of halogens is 1. The number of nitrogens with zero attached hydrogens (tertiary/aromatic N) is 3. The van der Waals surface area contributed by atoms with Gasteiger partial charge >= 0.3 is 0 Å². The lowest BCUT2D eigenvalue weighted by Gasteiger charge is -2.15. The molecule has 0 bridgehead atoms. The van der Waals surface area contributed by atoms with E-state index in [-0.39, 0.29) is 5.82 Å². The summed E-state index contributed by atoms with van der Waals surface area (Å²) in [7, 11) is 1.75. The predicted octanol–water partition coefficient (Wildman–Crippen LogP) is 3.23. The molecule has 6 heteroatoms. The van der Waals surface area contributed by atoms with Crippen LogP contribution >= 0.6 is 0 Å². The minimum absolute atomic E-state index is 0.196. The number of para-hydroxylation sites is 1. The van der Waals surface area contributed by atoms with E-state index in [0.29, 0.717) is 6.54 Å². The van der Waals surface area contributed by atoms with Crippen LogP contribution in [0.3, 0.4) is 0 Å². The second-order valence-electron chi connectivity index (χ2n) is 6.27. The molecule has 0 amide bonds. The summed E-state index contributed by atoms with van der Waals surface area (Å²) in [6.07, 6.45) is 6.29. The van der Waals surface area contributed by atoms with Crippen LogP contribution in [0.4, 0.5) is 4.39 Å². The van der Waals surface area contributed by atoms with Crippen molar-refractivity contribution in [3.05, 3.63) is 83.7 Å². The molecule has 1 aromatic heterocycles. The molecule has 0 aliphatic carbocycles. The summed E-state index contributed by atoms with van der Waals surface area (Å²) in [4.78, 5) is 8.39. The Morgan fingerprint density at radius 2 is 2.00 bits per heavy atom. The monoisotopic (exact) mass is 365 g/mol. The Morgan fingerprint density at radius 1 is 1.15 bits per heavy atom. The minimum atomic E-state index is -0.196. The number of nitrogens with one attached hydrogen (secondary N) is 2. The summed E-state index contributed by atoms with van der Waals surface area (Å²) in [5.74, 6) is 0.536. The number of aromatic nitrogens is 2. The van der Waals surface area contributed by atoms with Gasteiger partial charge in [-0.05, 0) is 48.2 Å². The van der Waals surface area contributed by atoms with E-state index in [1.165, 1.54) is 6.07 Å².